The Labute approximate surface area is 221 Å². The molecule has 0 bridgehead atoms. The van der Waals surface area contributed by atoms with E-state index >= 15 is 0 Å². The molecule has 0 aromatic rings. The Morgan fingerprint density at radius 1 is 1.03 bits per heavy atom. The maximum absolute atomic E-state index is 13.3. The van der Waals surface area contributed by atoms with E-state index in [0.717, 1.165) is 6.08 Å². The fourth-order valence-electron chi connectivity index (χ4n) is 9.13. The maximum Gasteiger partial charge on any atom is 0.334 e. The van der Waals surface area contributed by atoms with E-state index in [0.29, 0.717) is 11.1 Å². The van der Waals surface area contributed by atoms with Gasteiger partial charge in [-0.05, 0) is 70.9 Å². The second-order valence-electron chi connectivity index (χ2n) is 13.1. The molecule has 0 radical (unpaired) electrons. The number of ketones is 1. The summed E-state index contributed by atoms with van der Waals surface area (Å²) in [4.78, 5) is 25.8. The van der Waals surface area contributed by atoms with Gasteiger partial charge in [-0.2, -0.15) is 0 Å². The van der Waals surface area contributed by atoms with Crippen LogP contribution in [0.5, 0.6) is 0 Å². The smallest absolute Gasteiger partial charge is 0.334 e. The molecule has 0 spiro atoms. The first-order chi connectivity index (χ1) is 17.4. The van der Waals surface area contributed by atoms with Crippen LogP contribution >= 0.6 is 0 Å². The third-order valence-corrected chi connectivity index (χ3v) is 11.9. The van der Waals surface area contributed by atoms with Crippen LogP contribution in [-0.4, -0.2) is 94.3 Å². The van der Waals surface area contributed by atoms with Crippen LogP contribution in [-0.2, 0) is 14.3 Å². The molecular formula is C28H40O10. The van der Waals surface area contributed by atoms with Crippen molar-refractivity contribution < 1.29 is 50.1 Å². The van der Waals surface area contributed by atoms with Crippen molar-refractivity contribution in [2.24, 2.45) is 22.7 Å². The summed E-state index contributed by atoms with van der Waals surface area (Å²) >= 11 is 0. The van der Waals surface area contributed by atoms with E-state index in [2.05, 4.69) is 0 Å². The first kappa shape index (κ1) is 27.9. The zero-order chi connectivity index (χ0) is 28.4. The number of aliphatic hydroxyl groups is 7. The Hall–Kier alpha value is -1.66. The number of cyclic esters (lactones) is 1. The number of hydrogen-bond acceptors (Lipinski definition) is 10. The lowest BCUT2D eigenvalue weighted by Gasteiger charge is -2.67. The standard InChI is InChI=1S/C28H40O10/c1-13-10-21(38-22(33)14(13)2)25(5,34)28(37)20(32)12-26(35)16-11-19(31)27(36)18(30)7-6-17(29)24(27,4)15(16)8-9-23(26,28)3/h6-7,15-16,18-21,30-32,34-37H,8-12H2,1-5H3/t15-,16+,18-,19+,20-,21?,23-,24-,25-,26+,27-,28-/m0/s1. The third kappa shape index (κ3) is 2.82. The van der Waals surface area contributed by atoms with Crippen LogP contribution in [0.4, 0.5) is 0 Å². The number of hydrogen-bond donors (Lipinski definition) is 7. The highest BCUT2D eigenvalue weighted by molar-refractivity contribution is 5.97. The van der Waals surface area contributed by atoms with Gasteiger partial charge in [0.25, 0.3) is 0 Å². The molecule has 0 aromatic heterocycles. The Morgan fingerprint density at radius 2 is 1.66 bits per heavy atom. The molecule has 1 unspecified atom stereocenters. The predicted octanol–water partition coefficient (Wildman–Crippen LogP) is -0.350. The summed E-state index contributed by atoms with van der Waals surface area (Å²) in [5.74, 6) is -2.70. The van der Waals surface area contributed by atoms with Crippen molar-refractivity contribution in [3.05, 3.63) is 23.3 Å². The Balaban J connectivity index is 1.60. The molecular weight excluding hydrogens is 496 g/mol. The fraction of sp³-hybridized carbons (Fsp3) is 0.786. The van der Waals surface area contributed by atoms with Crippen LogP contribution in [0.2, 0.25) is 0 Å². The second-order valence-corrected chi connectivity index (χ2v) is 13.1. The number of allylic oxidation sites excluding steroid dienone is 1. The molecule has 0 amide bonds. The highest BCUT2D eigenvalue weighted by Gasteiger charge is 2.82. The molecule has 7 N–H and O–H groups in total. The van der Waals surface area contributed by atoms with Gasteiger partial charge in [-0.15, -0.1) is 0 Å². The number of carbonyl (C=O) groups excluding carboxylic acids is 2. The number of esters is 1. The van der Waals surface area contributed by atoms with Crippen LogP contribution in [0.1, 0.15) is 66.7 Å². The minimum atomic E-state index is -2.34. The van der Waals surface area contributed by atoms with Gasteiger partial charge in [0.05, 0.1) is 23.2 Å². The molecule has 1 aliphatic heterocycles. The van der Waals surface area contributed by atoms with Gasteiger partial charge in [0.1, 0.15) is 29.0 Å². The van der Waals surface area contributed by atoms with E-state index < -0.39 is 81.2 Å². The summed E-state index contributed by atoms with van der Waals surface area (Å²) in [5.41, 5.74) is -10.7. The summed E-state index contributed by atoms with van der Waals surface area (Å²) in [6.45, 7) is 7.69. The van der Waals surface area contributed by atoms with Gasteiger partial charge in [0.15, 0.2) is 5.78 Å². The molecule has 4 aliphatic carbocycles. The molecule has 3 fully saturated rings. The number of ether oxygens (including phenoxy) is 1. The number of aliphatic hydroxyl groups excluding tert-OH is 3. The van der Waals surface area contributed by atoms with Crippen molar-refractivity contribution >= 4 is 11.8 Å². The van der Waals surface area contributed by atoms with Gasteiger partial charge < -0.3 is 40.5 Å². The molecule has 0 aromatic carbocycles. The van der Waals surface area contributed by atoms with E-state index in [-0.39, 0.29) is 32.1 Å². The van der Waals surface area contributed by atoms with Crippen molar-refractivity contribution in [1.82, 2.24) is 0 Å². The zero-order valence-electron chi connectivity index (χ0n) is 22.5. The monoisotopic (exact) mass is 536 g/mol. The molecule has 10 nitrogen and oxygen atoms in total. The Bertz CT molecular complexity index is 1140. The number of carbonyl (C=O) groups is 2. The van der Waals surface area contributed by atoms with Crippen molar-refractivity contribution in [2.45, 2.75) is 114 Å². The van der Waals surface area contributed by atoms with Gasteiger partial charge in [-0.25, -0.2) is 4.79 Å². The van der Waals surface area contributed by atoms with E-state index in [1.54, 1.807) is 20.8 Å². The van der Waals surface area contributed by atoms with Crippen molar-refractivity contribution in [3.8, 4) is 0 Å². The summed E-state index contributed by atoms with van der Waals surface area (Å²) in [7, 11) is 0. The summed E-state index contributed by atoms with van der Waals surface area (Å²) in [6.07, 6.45) is -3.81. The topological polar surface area (TPSA) is 185 Å². The van der Waals surface area contributed by atoms with Crippen LogP contribution in [0.25, 0.3) is 0 Å². The largest absolute Gasteiger partial charge is 0.455 e. The lowest BCUT2D eigenvalue weighted by molar-refractivity contribution is -0.314. The molecule has 0 saturated heterocycles. The van der Waals surface area contributed by atoms with Crippen molar-refractivity contribution in [3.63, 3.8) is 0 Å². The van der Waals surface area contributed by atoms with E-state index in [1.807, 2.05) is 0 Å². The fourth-order valence-corrected chi connectivity index (χ4v) is 9.13. The molecule has 5 aliphatic rings. The lowest BCUT2D eigenvalue weighted by Crippen LogP contribution is -2.78. The van der Waals surface area contributed by atoms with Crippen LogP contribution in [0.15, 0.2) is 23.3 Å². The highest BCUT2D eigenvalue weighted by Crippen LogP contribution is 2.71. The van der Waals surface area contributed by atoms with E-state index in [1.165, 1.54) is 19.9 Å². The molecule has 12 atom stereocenters. The van der Waals surface area contributed by atoms with Crippen LogP contribution < -0.4 is 0 Å². The summed E-state index contributed by atoms with van der Waals surface area (Å²) in [5, 5.41) is 81.4. The Kier molecular flexibility index (Phi) is 5.84. The maximum atomic E-state index is 13.3. The molecule has 1 heterocycles. The third-order valence-electron chi connectivity index (χ3n) is 11.9. The minimum Gasteiger partial charge on any atom is -0.455 e. The molecule has 10 heteroatoms. The predicted molar refractivity (Wildman–Crippen MR) is 132 cm³/mol. The van der Waals surface area contributed by atoms with Gasteiger partial charge in [0.2, 0.25) is 0 Å². The second kappa shape index (κ2) is 7.96. The molecule has 5 rings (SSSR count). The number of fused-ring (bicyclic) bond motifs is 5. The Morgan fingerprint density at radius 3 is 2.26 bits per heavy atom. The SMILES string of the molecule is CC1=C(C)C(=O)OC([C@](C)(O)[C@]2(O)[C@@H](O)C[C@@]3(O)[C@@H]4C[C@@H](O)[C@@]5(O)[C@@H](O)C=CC(=O)[C@]5(C)[C@H]4CC[C@]23C)C1. The molecule has 212 valence electrons. The zero-order valence-corrected chi connectivity index (χ0v) is 22.5. The minimum absolute atomic E-state index is 0.0394. The number of rotatable bonds is 2. The lowest BCUT2D eigenvalue weighted by atomic mass is 9.40. The highest BCUT2D eigenvalue weighted by atomic mass is 16.6. The van der Waals surface area contributed by atoms with Crippen LogP contribution in [0.3, 0.4) is 0 Å². The average Bonchev–Trinajstić information content (AvgIpc) is 3.01. The molecule has 38 heavy (non-hydrogen) atoms. The van der Waals surface area contributed by atoms with E-state index in [4.69, 9.17) is 4.74 Å². The van der Waals surface area contributed by atoms with Crippen molar-refractivity contribution in [2.75, 3.05) is 0 Å². The first-order valence-electron chi connectivity index (χ1n) is 13.4. The van der Waals surface area contributed by atoms with Gasteiger partial charge in [0, 0.05) is 23.8 Å². The van der Waals surface area contributed by atoms with Gasteiger partial charge in [-0.3, -0.25) is 4.79 Å². The average molecular weight is 537 g/mol. The summed E-state index contributed by atoms with van der Waals surface area (Å²) in [6, 6.07) is 0. The summed E-state index contributed by atoms with van der Waals surface area (Å²) < 4.78 is 5.51. The van der Waals surface area contributed by atoms with Crippen molar-refractivity contribution in [1.29, 1.82) is 0 Å². The molecule has 3 saturated carbocycles. The van der Waals surface area contributed by atoms with Gasteiger partial charge in [-0.1, -0.05) is 12.5 Å². The first-order valence-corrected chi connectivity index (χ1v) is 13.4. The van der Waals surface area contributed by atoms with Crippen LogP contribution in [0, 0.1) is 22.7 Å². The normalized spacial score (nSPS) is 54.1. The quantitative estimate of drug-likeness (QED) is 0.230. The van der Waals surface area contributed by atoms with E-state index in [9.17, 15) is 45.3 Å². The van der Waals surface area contributed by atoms with Gasteiger partial charge >= 0.3 is 5.97 Å².